The molecule has 4 rings (SSSR count). The Morgan fingerprint density at radius 1 is 1.36 bits per heavy atom. The van der Waals surface area contributed by atoms with Crippen LogP contribution >= 0.6 is 0 Å². The number of fused-ring (bicyclic) bond motifs is 2. The Morgan fingerprint density at radius 2 is 2.25 bits per heavy atom. The molecule has 148 valence electrons. The minimum absolute atomic E-state index is 0.154. The molecular formula is C21H29N7. The molecule has 7 nitrogen and oxygen atoms in total. The smallest absolute Gasteiger partial charge is 0.191 e. The predicted molar refractivity (Wildman–Crippen MR) is 113 cm³/mol. The highest BCUT2D eigenvalue weighted by Crippen LogP contribution is 2.23. The summed E-state index contributed by atoms with van der Waals surface area (Å²) in [4.78, 5) is 12.4. The third kappa shape index (κ3) is 3.61. The first-order valence-electron chi connectivity index (χ1n) is 10.2. The molecule has 28 heavy (non-hydrogen) atoms. The van der Waals surface area contributed by atoms with Crippen molar-refractivity contribution in [2.45, 2.75) is 52.1 Å². The van der Waals surface area contributed by atoms with E-state index in [2.05, 4.69) is 62.0 Å². The highest BCUT2D eigenvalue weighted by Gasteiger charge is 2.24. The second kappa shape index (κ2) is 8.04. The number of nitrogens with zero attached hydrogens (tertiary/aromatic N) is 4. The van der Waals surface area contributed by atoms with E-state index < -0.39 is 0 Å². The molecular weight excluding hydrogens is 350 g/mol. The lowest BCUT2D eigenvalue weighted by Crippen LogP contribution is -2.42. The Kier molecular flexibility index (Phi) is 5.32. The van der Waals surface area contributed by atoms with Crippen molar-refractivity contribution < 1.29 is 0 Å². The van der Waals surface area contributed by atoms with Crippen molar-refractivity contribution in [2.75, 3.05) is 13.6 Å². The van der Waals surface area contributed by atoms with E-state index in [9.17, 15) is 0 Å². The van der Waals surface area contributed by atoms with E-state index in [1.165, 1.54) is 22.0 Å². The summed E-state index contributed by atoms with van der Waals surface area (Å²) in [6, 6.07) is 6.69. The molecule has 1 atom stereocenters. The minimum Gasteiger partial charge on any atom is -0.361 e. The highest BCUT2D eigenvalue weighted by molar-refractivity contribution is 5.86. The maximum Gasteiger partial charge on any atom is 0.191 e. The summed E-state index contributed by atoms with van der Waals surface area (Å²) in [5, 5.41) is 12.8. The number of para-hydroxylation sites is 1. The van der Waals surface area contributed by atoms with Crippen LogP contribution in [0.3, 0.4) is 0 Å². The maximum atomic E-state index is 4.59. The van der Waals surface area contributed by atoms with Gasteiger partial charge in [0.2, 0.25) is 0 Å². The second-order valence-electron chi connectivity index (χ2n) is 7.34. The lowest BCUT2D eigenvalue weighted by molar-refractivity contribution is 0.398. The van der Waals surface area contributed by atoms with Crippen LogP contribution in [0.4, 0.5) is 0 Å². The van der Waals surface area contributed by atoms with Crippen molar-refractivity contribution in [2.24, 2.45) is 4.99 Å². The zero-order valence-corrected chi connectivity index (χ0v) is 16.9. The molecule has 0 radical (unpaired) electrons. The molecule has 2 aromatic heterocycles. The number of hydrogen-bond acceptors (Lipinski definition) is 3. The fraction of sp³-hybridized carbons (Fsp3) is 0.476. The van der Waals surface area contributed by atoms with Gasteiger partial charge in [-0.25, -0.2) is 9.67 Å². The van der Waals surface area contributed by atoms with Gasteiger partial charge in [0.1, 0.15) is 11.6 Å². The van der Waals surface area contributed by atoms with E-state index in [1.54, 1.807) is 0 Å². The van der Waals surface area contributed by atoms with Crippen LogP contribution in [0.15, 0.2) is 29.4 Å². The van der Waals surface area contributed by atoms with Gasteiger partial charge in [0, 0.05) is 37.2 Å². The third-order valence-corrected chi connectivity index (χ3v) is 5.47. The summed E-state index contributed by atoms with van der Waals surface area (Å²) in [5.74, 6) is 2.65. The van der Waals surface area contributed by atoms with Gasteiger partial charge in [-0.2, -0.15) is 5.10 Å². The van der Waals surface area contributed by atoms with Gasteiger partial charge in [0.25, 0.3) is 0 Å². The first-order valence-corrected chi connectivity index (χ1v) is 10.2. The summed E-state index contributed by atoms with van der Waals surface area (Å²) in [5.41, 5.74) is 3.96. The van der Waals surface area contributed by atoms with E-state index in [0.29, 0.717) is 0 Å². The largest absolute Gasteiger partial charge is 0.361 e. The van der Waals surface area contributed by atoms with Gasteiger partial charge in [-0.3, -0.25) is 4.99 Å². The van der Waals surface area contributed by atoms with Crippen molar-refractivity contribution in [3.63, 3.8) is 0 Å². The first-order chi connectivity index (χ1) is 13.7. The average molecular weight is 380 g/mol. The molecule has 3 heterocycles. The van der Waals surface area contributed by atoms with Crippen LogP contribution in [0.1, 0.15) is 48.6 Å². The van der Waals surface area contributed by atoms with Gasteiger partial charge in [-0.15, -0.1) is 0 Å². The molecule has 3 N–H and O–H groups in total. The number of aryl methyl sites for hydroxylation is 3. The Morgan fingerprint density at radius 3 is 3.07 bits per heavy atom. The summed E-state index contributed by atoms with van der Waals surface area (Å²) in [7, 11) is 1.81. The van der Waals surface area contributed by atoms with Gasteiger partial charge >= 0.3 is 0 Å². The number of nitrogens with one attached hydrogen (secondary N) is 3. The van der Waals surface area contributed by atoms with E-state index in [4.69, 9.17) is 0 Å². The molecule has 1 unspecified atom stereocenters. The zero-order chi connectivity index (χ0) is 19.5. The maximum absolute atomic E-state index is 4.59. The van der Waals surface area contributed by atoms with E-state index in [1.807, 2.05) is 18.7 Å². The monoisotopic (exact) mass is 379 g/mol. The molecule has 0 fully saturated rings. The molecule has 0 saturated carbocycles. The number of aliphatic imine (C=N–C) groups is 1. The normalized spacial score (nSPS) is 17.0. The van der Waals surface area contributed by atoms with E-state index in [-0.39, 0.29) is 6.04 Å². The summed E-state index contributed by atoms with van der Waals surface area (Å²) >= 11 is 0. The summed E-state index contributed by atoms with van der Waals surface area (Å²) < 4.78 is 2.01. The fourth-order valence-corrected chi connectivity index (χ4v) is 4.06. The number of aromatic nitrogens is 4. The molecule has 1 aliphatic heterocycles. The van der Waals surface area contributed by atoms with Crippen LogP contribution in [-0.4, -0.2) is 39.3 Å². The molecule has 1 aromatic carbocycles. The van der Waals surface area contributed by atoms with Crippen LogP contribution in [0.5, 0.6) is 0 Å². The van der Waals surface area contributed by atoms with Crippen molar-refractivity contribution in [1.82, 2.24) is 30.4 Å². The zero-order valence-electron chi connectivity index (χ0n) is 16.9. The van der Waals surface area contributed by atoms with Crippen LogP contribution in [0.25, 0.3) is 10.9 Å². The topological polar surface area (TPSA) is 82.9 Å². The standard InChI is InChI=1S/C21H29N7/c1-4-15-7-5-8-17-16(13-24-19(15)17)10-11-23-21(22-3)26-18-9-6-12-28-20(18)25-14(2)27-28/h5,7-8,13,18,24H,4,6,9-12H2,1-3H3,(H2,22,23,26). The number of H-pyrrole nitrogens is 1. The van der Waals surface area contributed by atoms with E-state index >= 15 is 0 Å². The Bertz CT molecular complexity index is 982. The summed E-state index contributed by atoms with van der Waals surface area (Å²) in [6.07, 6.45) is 6.25. The molecule has 0 amide bonds. The summed E-state index contributed by atoms with van der Waals surface area (Å²) in [6.45, 7) is 5.91. The fourth-order valence-electron chi connectivity index (χ4n) is 4.06. The Hall–Kier alpha value is -2.83. The quantitative estimate of drug-likeness (QED) is 0.470. The number of guanidine groups is 1. The molecule has 0 bridgehead atoms. The van der Waals surface area contributed by atoms with Gasteiger partial charge in [-0.1, -0.05) is 25.1 Å². The molecule has 0 spiro atoms. The van der Waals surface area contributed by atoms with Crippen molar-refractivity contribution in [1.29, 1.82) is 0 Å². The third-order valence-electron chi connectivity index (χ3n) is 5.47. The van der Waals surface area contributed by atoms with Gasteiger partial charge in [0.05, 0.1) is 6.04 Å². The lowest BCUT2D eigenvalue weighted by atomic mass is 10.1. The van der Waals surface area contributed by atoms with Crippen LogP contribution < -0.4 is 10.6 Å². The minimum atomic E-state index is 0.154. The average Bonchev–Trinajstić information content (AvgIpc) is 3.30. The van der Waals surface area contributed by atoms with Crippen LogP contribution in [0, 0.1) is 6.92 Å². The molecule has 0 aliphatic carbocycles. The van der Waals surface area contributed by atoms with Crippen LogP contribution in [0.2, 0.25) is 0 Å². The van der Waals surface area contributed by atoms with Crippen molar-refractivity contribution in [3.05, 3.63) is 47.2 Å². The molecule has 0 saturated heterocycles. The SMILES string of the molecule is CCc1cccc2c(CCNC(=NC)NC3CCCn4nc(C)nc43)c[nH]c12. The Balaban J connectivity index is 1.38. The van der Waals surface area contributed by atoms with Crippen molar-refractivity contribution in [3.8, 4) is 0 Å². The molecule has 7 heteroatoms. The van der Waals surface area contributed by atoms with Gasteiger partial charge in [0.15, 0.2) is 5.96 Å². The van der Waals surface area contributed by atoms with E-state index in [0.717, 1.165) is 56.4 Å². The number of hydrogen-bond donors (Lipinski definition) is 3. The van der Waals surface area contributed by atoms with Crippen molar-refractivity contribution >= 4 is 16.9 Å². The molecule has 1 aliphatic rings. The lowest BCUT2D eigenvalue weighted by Gasteiger charge is -2.25. The van der Waals surface area contributed by atoms with Gasteiger partial charge in [-0.05, 0) is 43.7 Å². The second-order valence-corrected chi connectivity index (χ2v) is 7.34. The number of rotatable bonds is 5. The first kappa shape index (κ1) is 18.5. The highest BCUT2D eigenvalue weighted by atomic mass is 15.4. The van der Waals surface area contributed by atoms with Gasteiger partial charge < -0.3 is 15.6 Å². The number of benzene rings is 1. The number of aromatic amines is 1. The predicted octanol–water partition coefficient (Wildman–Crippen LogP) is 2.87. The van der Waals surface area contributed by atoms with Crippen LogP contribution in [-0.2, 0) is 19.4 Å². The molecule has 3 aromatic rings. The Labute approximate surface area is 165 Å².